The first-order valence-electron chi connectivity index (χ1n) is 8.67. The first-order chi connectivity index (χ1) is 10.6. The van der Waals surface area contributed by atoms with Crippen LogP contribution in [0.3, 0.4) is 0 Å². The Bertz CT molecular complexity index is 520. The van der Waals surface area contributed by atoms with E-state index in [1.54, 1.807) is 0 Å². The second-order valence-corrected chi connectivity index (χ2v) is 8.62. The predicted molar refractivity (Wildman–Crippen MR) is 91.8 cm³/mol. The minimum Gasteiger partial charge on any atom is -0.359 e. The molecule has 2 heterocycles. The van der Waals surface area contributed by atoms with E-state index < -0.39 is 0 Å². The number of hydrogen-bond donors (Lipinski definition) is 0. The third-order valence-electron chi connectivity index (χ3n) is 4.93. The number of nitriles is 1. The van der Waals surface area contributed by atoms with Crippen molar-refractivity contribution in [3.63, 3.8) is 0 Å². The van der Waals surface area contributed by atoms with Crippen molar-refractivity contribution in [1.29, 1.82) is 5.26 Å². The van der Waals surface area contributed by atoms with Gasteiger partial charge in [-0.2, -0.15) is 10.3 Å². The van der Waals surface area contributed by atoms with Gasteiger partial charge in [-0.25, -0.2) is 0 Å². The van der Waals surface area contributed by atoms with E-state index >= 15 is 0 Å². The molecule has 1 atom stereocenters. The first-order valence-corrected chi connectivity index (χ1v) is 8.67. The van der Waals surface area contributed by atoms with E-state index in [2.05, 4.69) is 23.7 Å². The molecule has 2 aliphatic heterocycles. The zero-order valence-corrected chi connectivity index (χ0v) is 15.2. The summed E-state index contributed by atoms with van der Waals surface area (Å²) in [5.74, 6) is 1.65. The van der Waals surface area contributed by atoms with Crippen molar-refractivity contribution in [1.82, 2.24) is 9.80 Å². The van der Waals surface area contributed by atoms with Crippen LogP contribution >= 0.6 is 0 Å². The topological polar surface area (TPSA) is 59.7 Å². The lowest BCUT2D eigenvalue weighted by atomic mass is 9.80. The molecule has 2 fully saturated rings. The molecule has 0 aromatic heterocycles. The Morgan fingerprint density at radius 1 is 1.17 bits per heavy atom. The lowest BCUT2D eigenvalue weighted by Crippen LogP contribution is -2.49. The first kappa shape index (κ1) is 17.8. The Labute approximate surface area is 140 Å². The van der Waals surface area contributed by atoms with Crippen molar-refractivity contribution in [2.24, 2.45) is 21.7 Å². The smallest absolute Gasteiger partial charge is 0.227 e. The minimum atomic E-state index is -0.310. The molecule has 1 unspecified atom stereocenters. The summed E-state index contributed by atoms with van der Waals surface area (Å²) in [6, 6.07) is 0. The minimum absolute atomic E-state index is 0.123. The quantitative estimate of drug-likeness (QED) is 0.457. The molecular formula is C18H30N4O. The zero-order chi connectivity index (χ0) is 17.3. The molecule has 0 radical (unpaired) electrons. The summed E-state index contributed by atoms with van der Waals surface area (Å²) >= 11 is 0. The van der Waals surface area contributed by atoms with Crippen molar-refractivity contribution < 1.29 is 4.79 Å². The van der Waals surface area contributed by atoms with Gasteiger partial charge in [-0.3, -0.25) is 4.79 Å². The Morgan fingerprint density at radius 3 is 2.30 bits per heavy atom. The van der Waals surface area contributed by atoms with Crippen LogP contribution in [0, 0.1) is 28.2 Å². The fourth-order valence-corrected chi connectivity index (χ4v) is 3.70. The van der Waals surface area contributed by atoms with Gasteiger partial charge in [0.15, 0.2) is 0 Å². The molecule has 5 nitrogen and oxygen atoms in total. The van der Waals surface area contributed by atoms with Crippen molar-refractivity contribution in [3.05, 3.63) is 0 Å². The summed E-state index contributed by atoms with van der Waals surface area (Å²) < 4.78 is 0. The van der Waals surface area contributed by atoms with Crippen molar-refractivity contribution in [2.75, 3.05) is 26.2 Å². The van der Waals surface area contributed by atoms with E-state index in [4.69, 9.17) is 5.26 Å². The van der Waals surface area contributed by atoms with Crippen LogP contribution in [0.2, 0.25) is 0 Å². The number of nitrogens with zero attached hydrogens (tertiary/aromatic N) is 4. The highest BCUT2D eigenvalue weighted by atomic mass is 16.2. The van der Waals surface area contributed by atoms with E-state index in [1.165, 1.54) is 6.42 Å². The van der Waals surface area contributed by atoms with Crippen LogP contribution in [0.25, 0.3) is 0 Å². The van der Waals surface area contributed by atoms with Crippen LogP contribution in [0.1, 0.15) is 53.9 Å². The molecule has 0 N–H and O–H groups in total. The Balaban J connectivity index is 2.00. The second kappa shape index (κ2) is 6.51. The fourth-order valence-electron chi connectivity index (χ4n) is 3.70. The van der Waals surface area contributed by atoms with Crippen molar-refractivity contribution in [3.8, 4) is 6.19 Å². The van der Waals surface area contributed by atoms with Gasteiger partial charge in [-0.05, 0) is 25.2 Å². The maximum absolute atomic E-state index is 12.4. The Morgan fingerprint density at radius 2 is 1.83 bits per heavy atom. The molecule has 1 amide bonds. The molecular weight excluding hydrogens is 288 g/mol. The van der Waals surface area contributed by atoms with Gasteiger partial charge in [-0.15, -0.1) is 0 Å². The van der Waals surface area contributed by atoms with E-state index in [0.717, 1.165) is 44.9 Å². The van der Waals surface area contributed by atoms with Crippen LogP contribution < -0.4 is 0 Å². The monoisotopic (exact) mass is 318 g/mol. The molecule has 0 spiro atoms. The van der Waals surface area contributed by atoms with Gasteiger partial charge >= 0.3 is 0 Å². The maximum Gasteiger partial charge on any atom is 0.227 e. The van der Waals surface area contributed by atoms with E-state index in [-0.39, 0.29) is 16.7 Å². The predicted octanol–water partition coefficient (Wildman–Crippen LogP) is 2.88. The van der Waals surface area contributed by atoms with Crippen molar-refractivity contribution >= 4 is 11.7 Å². The molecule has 2 rings (SSSR count). The summed E-state index contributed by atoms with van der Waals surface area (Å²) in [7, 11) is 0. The molecule has 23 heavy (non-hydrogen) atoms. The zero-order valence-electron chi connectivity index (χ0n) is 15.2. The van der Waals surface area contributed by atoms with Gasteiger partial charge in [0.25, 0.3) is 0 Å². The molecule has 0 aliphatic carbocycles. The van der Waals surface area contributed by atoms with Crippen LogP contribution in [0.15, 0.2) is 4.99 Å². The highest BCUT2D eigenvalue weighted by Crippen LogP contribution is 2.35. The molecule has 0 aromatic carbocycles. The van der Waals surface area contributed by atoms with Crippen LogP contribution in [0.4, 0.5) is 0 Å². The summed E-state index contributed by atoms with van der Waals surface area (Å²) in [6.45, 7) is 14.0. The molecule has 128 valence electrons. The number of rotatable bonds is 3. The van der Waals surface area contributed by atoms with E-state index in [1.807, 2.05) is 31.9 Å². The average molecular weight is 318 g/mol. The normalized spacial score (nSPS) is 22.8. The van der Waals surface area contributed by atoms with Gasteiger partial charge in [0.05, 0.1) is 0 Å². The molecule has 0 bridgehead atoms. The Kier molecular flexibility index (Phi) is 5.03. The SMILES string of the molecule is CC(C)(C)C(=O)N1CCC(CC(C)(C)/C(=N/C#N)N2CCC2)C1. The molecule has 2 saturated heterocycles. The summed E-state index contributed by atoms with van der Waals surface area (Å²) in [5, 5.41) is 9.02. The number of amidine groups is 1. The van der Waals surface area contributed by atoms with Gasteiger partial charge in [0.2, 0.25) is 12.1 Å². The molecule has 0 aromatic rings. The summed E-state index contributed by atoms with van der Waals surface area (Å²) in [5.41, 5.74) is -0.433. The van der Waals surface area contributed by atoms with E-state index in [9.17, 15) is 4.79 Å². The van der Waals surface area contributed by atoms with E-state index in [0.29, 0.717) is 5.92 Å². The van der Waals surface area contributed by atoms with Gasteiger partial charge < -0.3 is 9.80 Å². The third-order valence-corrected chi connectivity index (χ3v) is 4.93. The lowest BCUT2D eigenvalue weighted by Gasteiger charge is -2.41. The van der Waals surface area contributed by atoms with Crippen LogP contribution in [0.5, 0.6) is 0 Å². The highest BCUT2D eigenvalue weighted by molar-refractivity contribution is 5.89. The number of carbonyl (C=O) groups is 1. The molecule has 0 saturated carbocycles. The largest absolute Gasteiger partial charge is 0.359 e. The number of aliphatic imine (C=N–C) groups is 1. The Hall–Kier alpha value is -1.57. The third kappa shape index (κ3) is 4.04. The maximum atomic E-state index is 12.4. The summed E-state index contributed by atoms with van der Waals surface area (Å²) in [4.78, 5) is 20.8. The van der Waals surface area contributed by atoms with Gasteiger partial charge in [0.1, 0.15) is 5.84 Å². The lowest BCUT2D eigenvalue weighted by molar-refractivity contribution is -0.138. The summed E-state index contributed by atoms with van der Waals surface area (Å²) in [6.07, 6.45) is 5.17. The van der Waals surface area contributed by atoms with Gasteiger partial charge in [-0.1, -0.05) is 34.6 Å². The highest BCUT2D eigenvalue weighted by Gasteiger charge is 2.38. The van der Waals surface area contributed by atoms with Gasteiger partial charge in [0, 0.05) is 37.0 Å². The molecule has 5 heteroatoms. The van der Waals surface area contributed by atoms with Crippen molar-refractivity contribution in [2.45, 2.75) is 53.9 Å². The second-order valence-electron chi connectivity index (χ2n) is 8.62. The number of likely N-dealkylation sites (tertiary alicyclic amines) is 2. The number of carbonyl (C=O) groups excluding carboxylic acids is 1. The van der Waals surface area contributed by atoms with Crippen LogP contribution in [-0.2, 0) is 4.79 Å². The van der Waals surface area contributed by atoms with Crippen LogP contribution in [-0.4, -0.2) is 47.7 Å². The average Bonchev–Trinajstić information content (AvgIpc) is 2.81. The standard InChI is InChI=1S/C18H30N4O/c1-17(2,3)16(23)22-10-7-14(12-22)11-18(4,5)15(20-13-19)21-8-6-9-21/h14H,6-12H2,1-5H3/b20-15-. The fraction of sp³-hybridized carbons (Fsp3) is 0.833. The molecule has 2 aliphatic rings. The number of hydrogen-bond acceptors (Lipinski definition) is 3. The number of amides is 1.